The quantitative estimate of drug-likeness (QED) is 0.414. The van der Waals surface area contributed by atoms with Crippen LogP contribution >= 0.6 is 0 Å². The zero-order chi connectivity index (χ0) is 26.2. The summed E-state index contributed by atoms with van der Waals surface area (Å²) in [6.07, 6.45) is 8.23. The van der Waals surface area contributed by atoms with Crippen molar-refractivity contribution < 1.29 is 29.3 Å². The summed E-state index contributed by atoms with van der Waals surface area (Å²) in [7, 11) is 0. The number of hydrogen-bond donors (Lipinski definition) is 2. The Hall–Kier alpha value is -2.16. The standard InChI is InChI=1S/C29H44N2O6/c1-2-3-13-30(14-6-15-32)27(33)20-31-19-24(21-8-11-26-22(18-21)12-17-37-26)28(29(34)35)25(31)10-9-23-7-4-5-16-36-23/h8,11,18,23-25,28,32H,2-7,9-10,12-17,19-20H2,1H3,(H,34,35)/t23?,24-,25+,28-/m1/s1. The third-order valence-electron chi connectivity index (χ3n) is 8.29. The van der Waals surface area contributed by atoms with E-state index in [-0.39, 0.29) is 37.1 Å². The van der Waals surface area contributed by atoms with Crippen LogP contribution in [0.5, 0.6) is 5.75 Å². The number of carbonyl (C=O) groups is 2. The van der Waals surface area contributed by atoms with Crippen LogP contribution in [0.1, 0.15) is 75.3 Å². The molecular formula is C29H44N2O6. The number of aliphatic hydroxyl groups is 1. The molecule has 2 saturated heterocycles. The molecule has 0 aliphatic carbocycles. The molecule has 0 saturated carbocycles. The van der Waals surface area contributed by atoms with E-state index in [1.165, 1.54) is 0 Å². The maximum atomic E-state index is 13.4. The summed E-state index contributed by atoms with van der Waals surface area (Å²) < 4.78 is 11.6. The number of hydrogen-bond acceptors (Lipinski definition) is 6. The highest BCUT2D eigenvalue weighted by Crippen LogP contribution is 2.41. The van der Waals surface area contributed by atoms with Crippen LogP contribution in [0.4, 0.5) is 0 Å². The third-order valence-corrected chi connectivity index (χ3v) is 8.29. The number of nitrogens with zero attached hydrogens (tertiary/aromatic N) is 2. The van der Waals surface area contributed by atoms with E-state index < -0.39 is 11.9 Å². The number of carbonyl (C=O) groups excluding carboxylic acids is 1. The molecule has 3 heterocycles. The van der Waals surface area contributed by atoms with Crippen LogP contribution in [0.25, 0.3) is 0 Å². The van der Waals surface area contributed by atoms with E-state index in [9.17, 15) is 19.8 Å². The Balaban J connectivity index is 1.55. The SMILES string of the molecule is CCCCN(CCCO)C(=O)CN1C[C@H](c2ccc3c(c2)CCO3)[C@@H](C(=O)O)[C@@H]1CCC1CCCCO1. The molecule has 4 atom stereocenters. The highest BCUT2D eigenvalue weighted by molar-refractivity contribution is 5.79. The monoisotopic (exact) mass is 516 g/mol. The van der Waals surface area contributed by atoms with E-state index in [1.807, 2.05) is 17.0 Å². The Morgan fingerprint density at radius 3 is 2.70 bits per heavy atom. The van der Waals surface area contributed by atoms with Crippen molar-refractivity contribution in [1.29, 1.82) is 0 Å². The molecule has 8 heteroatoms. The van der Waals surface area contributed by atoms with Gasteiger partial charge in [-0.2, -0.15) is 0 Å². The fraction of sp³-hybridized carbons (Fsp3) is 0.724. The average molecular weight is 517 g/mol. The summed E-state index contributed by atoms with van der Waals surface area (Å²) in [5, 5.41) is 19.8. The van der Waals surface area contributed by atoms with Crippen LogP contribution in [-0.2, 0) is 20.7 Å². The number of aliphatic hydroxyl groups excluding tert-OH is 1. The Bertz CT molecular complexity index is 894. The fourth-order valence-electron chi connectivity index (χ4n) is 6.26. The highest BCUT2D eigenvalue weighted by Gasteiger charge is 2.47. The molecule has 0 spiro atoms. The lowest BCUT2D eigenvalue weighted by Gasteiger charge is -2.31. The molecule has 37 heavy (non-hydrogen) atoms. The minimum atomic E-state index is -0.797. The van der Waals surface area contributed by atoms with Crippen LogP contribution in [0.3, 0.4) is 0 Å². The van der Waals surface area contributed by atoms with Gasteiger partial charge in [-0.3, -0.25) is 14.5 Å². The molecule has 1 amide bonds. The normalized spacial score (nSPS) is 25.6. The van der Waals surface area contributed by atoms with Crippen LogP contribution in [0.15, 0.2) is 18.2 Å². The topological polar surface area (TPSA) is 99.5 Å². The number of rotatable bonds is 13. The van der Waals surface area contributed by atoms with Crippen molar-refractivity contribution in [2.75, 3.05) is 46.0 Å². The molecule has 206 valence electrons. The van der Waals surface area contributed by atoms with Gasteiger partial charge in [0.25, 0.3) is 0 Å². The largest absolute Gasteiger partial charge is 0.493 e. The maximum absolute atomic E-state index is 13.4. The fourth-order valence-corrected chi connectivity index (χ4v) is 6.26. The Morgan fingerprint density at radius 2 is 1.97 bits per heavy atom. The van der Waals surface area contributed by atoms with Gasteiger partial charge in [0.15, 0.2) is 0 Å². The third kappa shape index (κ3) is 7.03. The van der Waals surface area contributed by atoms with Crippen LogP contribution in [-0.4, -0.2) is 90.0 Å². The second kappa shape index (κ2) is 13.6. The van der Waals surface area contributed by atoms with E-state index in [1.54, 1.807) is 0 Å². The molecule has 0 bridgehead atoms. The molecule has 1 unspecified atom stereocenters. The lowest BCUT2D eigenvalue weighted by molar-refractivity contribution is -0.144. The van der Waals surface area contributed by atoms with Gasteiger partial charge < -0.3 is 24.6 Å². The van der Waals surface area contributed by atoms with E-state index in [0.29, 0.717) is 39.1 Å². The molecule has 3 aliphatic heterocycles. The lowest BCUT2D eigenvalue weighted by Crippen LogP contribution is -2.45. The summed E-state index contributed by atoms with van der Waals surface area (Å²) >= 11 is 0. The summed E-state index contributed by atoms with van der Waals surface area (Å²) in [6.45, 7) is 5.53. The number of likely N-dealkylation sites (tertiary alicyclic amines) is 1. The maximum Gasteiger partial charge on any atom is 0.308 e. The molecule has 4 rings (SSSR count). The van der Waals surface area contributed by atoms with Gasteiger partial charge in [0.2, 0.25) is 5.91 Å². The number of fused-ring (bicyclic) bond motifs is 1. The summed E-state index contributed by atoms with van der Waals surface area (Å²) in [4.78, 5) is 30.1. The van der Waals surface area contributed by atoms with Gasteiger partial charge >= 0.3 is 5.97 Å². The first-order valence-corrected chi connectivity index (χ1v) is 14.2. The molecular weight excluding hydrogens is 472 g/mol. The average Bonchev–Trinajstić information content (AvgIpc) is 3.52. The summed E-state index contributed by atoms with van der Waals surface area (Å²) in [6, 6.07) is 5.86. The number of carboxylic acids is 1. The van der Waals surface area contributed by atoms with Crippen LogP contribution < -0.4 is 4.74 Å². The van der Waals surface area contributed by atoms with Crippen molar-refractivity contribution >= 4 is 11.9 Å². The van der Waals surface area contributed by atoms with Crippen LogP contribution in [0, 0.1) is 5.92 Å². The zero-order valence-electron chi connectivity index (χ0n) is 22.3. The minimum Gasteiger partial charge on any atom is -0.493 e. The van der Waals surface area contributed by atoms with E-state index in [2.05, 4.69) is 17.9 Å². The van der Waals surface area contributed by atoms with Crippen molar-refractivity contribution in [2.45, 2.75) is 82.8 Å². The van der Waals surface area contributed by atoms with Gasteiger partial charge in [-0.15, -0.1) is 0 Å². The molecule has 0 radical (unpaired) electrons. The second-order valence-corrected chi connectivity index (χ2v) is 10.8. The number of aliphatic carboxylic acids is 1. The second-order valence-electron chi connectivity index (χ2n) is 10.8. The molecule has 2 fully saturated rings. The van der Waals surface area contributed by atoms with Gasteiger partial charge in [-0.1, -0.05) is 25.5 Å². The molecule has 3 aliphatic rings. The Kier molecular flexibility index (Phi) is 10.2. The molecule has 2 N–H and O–H groups in total. The van der Waals surface area contributed by atoms with Gasteiger partial charge in [-0.25, -0.2) is 0 Å². The van der Waals surface area contributed by atoms with Gasteiger partial charge in [0.05, 0.1) is 25.2 Å². The first kappa shape index (κ1) is 27.9. The number of benzene rings is 1. The van der Waals surface area contributed by atoms with Gasteiger partial charge in [0, 0.05) is 51.2 Å². The van der Waals surface area contributed by atoms with Crippen molar-refractivity contribution in [3.8, 4) is 5.75 Å². The van der Waals surface area contributed by atoms with E-state index in [4.69, 9.17) is 9.47 Å². The Labute approximate surface area is 220 Å². The van der Waals surface area contributed by atoms with Crippen molar-refractivity contribution in [2.24, 2.45) is 5.92 Å². The van der Waals surface area contributed by atoms with Crippen LogP contribution in [0.2, 0.25) is 0 Å². The van der Waals surface area contributed by atoms with Gasteiger partial charge in [0.1, 0.15) is 5.75 Å². The van der Waals surface area contributed by atoms with Crippen molar-refractivity contribution in [1.82, 2.24) is 9.80 Å². The molecule has 8 nitrogen and oxygen atoms in total. The smallest absolute Gasteiger partial charge is 0.308 e. The predicted molar refractivity (Wildman–Crippen MR) is 141 cm³/mol. The van der Waals surface area contributed by atoms with Gasteiger partial charge in [-0.05, 0) is 62.1 Å². The first-order chi connectivity index (χ1) is 18.0. The van der Waals surface area contributed by atoms with Crippen molar-refractivity contribution in [3.63, 3.8) is 0 Å². The number of carboxylic acid groups (broad SMARTS) is 1. The Morgan fingerprint density at radius 1 is 1.14 bits per heavy atom. The number of unbranched alkanes of at least 4 members (excludes halogenated alkanes) is 1. The highest BCUT2D eigenvalue weighted by atomic mass is 16.5. The molecule has 0 aromatic heterocycles. The molecule has 1 aromatic carbocycles. The predicted octanol–water partition coefficient (Wildman–Crippen LogP) is 3.45. The van der Waals surface area contributed by atoms with E-state index >= 15 is 0 Å². The number of ether oxygens (including phenoxy) is 2. The zero-order valence-corrected chi connectivity index (χ0v) is 22.3. The summed E-state index contributed by atoms with van der Waals surface area (Å²) in [5.74, 6) is -0.655. The van der Waals surface area contributed by atoms with E-state index in [0.717, 1.165) is 68.4 Å². The lowest BCUT2D eigenvalue weighted by atomic mass is 9.82. The minimum absolute atomic E-state index is 0.0213. The van der Waals surface area contributed by atoms with Crippen molar-refractivity contribution in [3.05, 3.63) is 29.3 Å². The summed E-state index contributed by atoms with van der Waals surface area (Å²) in [5.41, 5.74) is 2.16. The molecule has 1 aromatic rings. The number of amides is 1. The first-order valence-electron chi connectivity index (χ1n) is 14.2.